The summed E-state index contributed by atoms with van der Waals surface area (Å²) < 4.78 is 0. The van der Waals surface area contributed by atoms with Crippen molar-refractivity contribution in [3.05, 3.63) is 70.8 Å². The van der Waals surface area contributed by atoms with Gasteiger partial charge in [-0.15, -0.1) is 11.6 Å². The number of fused-ring (bicyclic) bond motifs is 1. The first kappa shape index (κ1) is 14.7. The summed E-state index contributed by atoms with van der Waals surface area (Å²) in [7, 11) is 0. The monoisotopic (exact) mass is 298 g/mol. The third-order valence-electron chi connectivity index (χ3n) is 4.72. The molecular formula is C20H23Cl. The van der Waals surface area contributed by atoms with Gasteiger partial charge in [-0.25, -0.2) is 0 Å². The first-order valence-corrected chi connectivity index (χ1v) is 8.51. The Morgan fingerprint density at radius 2 is 1.71 bits per heavy atom. The smallest absolute Gasteiger partial charge is 0.0619 e. The molecule has 1 aliphatic carbocycles. The molecule has 0 N–H and O–H groups in total. The van der Waals surface area contributed by atoms with E-state index in [1.165, 1.54) is 41.5 Å². The Labute approximate surface area is 133 Å². The Morgan fingerprint density at radius 3 is 2.48 bits per heavy atom. The lowest BCUT2D eigenvalue weighted by molar-refractivity contribution is 0.465. The van der Waals surface area contributed by atoms with Gasteiger partial charge in [-0.1, -0.05) is 55.5 Å². The summed E-state index contributed by atoms with van der Waals surface area (Å²) in [5, 5.41) is 0.148. The quantitative estimate of drug-likeness (QED) is 0.502. The highest BCUT2D eigenvalue weighted by Crippen LogP contribution is 2.39. The predicted molar refractivity (Wildman–Crippen MR) is 91.0 cm³/mol. The summed E-state index contributed by atoms with van der Waals surface area (Å²) in [6.07, 6.45) is 5.84. The molecule has 0 aromatic heterocycles. The number of hydrogen-bond acceptors (Lipinski definition) is 0. The third-order valence-corrected chi connectivity index (χ3v) is 5.31. The van der Waals surface area contributed by atoms with Crippen LogP contribution in [-0.4, -0.2) is 0 Å². The van der Waals surface area contributed by atoms with E-state index in [0.717, 1.165) is 12.8 Å². The Bertz CT molecular complexity index is 585. The lowest BCUT2D eigenvalue weighted by Crippen LogP contribution is -2.10. The summed E-state index contributed by atoms with van der Waals surface area (Å²) in [5.41, 5.74) is 5.63. The molecule has 0 saturated carbocycles. The molecule has 0 saturated heterocycles. The summed E-state index contributed by atoms with van der Waals surface area (Å²) in [5.74, 6) is 0.544. The van der Waals surface area contributed by atoms with Crippen LogP contribution < -0.4 is 0 Å². The van der Waals surface area contributed by atoms with Gasteiger partial charge in [0.05, 0.1) is 5.38 Å². The van der Waals surface area contributed by atoms with Crippen LogP contribution in [0.15, 0.2) is 48.5 Å². The number of benzene rings is 2. The van der Waals surface area contributed by atoms with Gasteiger partial charge in [-0.3, -0.25) is 0 Å². The molecule has 21 heavy (non-hydrogen) atoms. The van der Waals surface area contributed by atoms with Crippen LogP contribution in [0.3, 0.4) is 0 Å². The van der Waals surface area contributed by atoms with Gasteiger partial charge in [-0.2, -0.15) is 0 Å². The van der Waals surface area contributed by atoms with Gasteiger partial charge >= 0.3 is 0 Å². The van der Waals surface area contributed by atoms with Crippen molar-refractivity contribution in [2.45, 2.75) is 44.4 Å². The SMILES string of the molecule is CCc1ccc(CC2CCCc3ccccc3C2Cl)cc1. The molecule has 0 fully saturated rings. The van der Waals surface area contributed by atoms with Gasteiger partial charge in [0.25, 0.3) is 0 Å². The van der Waals surface area contributed by atoms with Gasteiger partial charge in [0.1, 0.15) is 0 Å². The second kappa shape index (κ2) is 6.66. The number of halogens is 1. The van der Waals surface area contributed by atoms with Crippen LogP contribution in [0.25, 0.3) is 0 Å². The minimum Gasteiger partial charge on any atom is -0.117 e. The summed E-state index contributed by atoms with van der Waals surface area (Å²) in [6, 6.07) is 17.8. The van der Waals surface area contributed by atoms with Crippen molar-refractivity contribution >= 4 is 11.6 Å². The van der Waals surface area contributed by atoms with Crippen LogP contribution in [0.2, 0.25) is 0 Å². The van der Waals surface area contributed by atoms with E-state index in [9.17, 15) is 0 Å². The molecule has 1 aliphatic rings. The highest BCUT2D eigenvalue weighted by Gasteiger charge is 2.25. The van der Waals surface area contributed by atoms with Crippen molar-refractivity contribution in [3.8, 4) is 0 Å². The van der Waals surface area contributed by atoms with Gasteiger partial charge in [0.15, 0.2) is 0 Å². The Balaban J connectivity index is 1.78. The van der Waals surface area contributed by atoms with E-state index in [-0.39, 0.29) is 5.38 Å². The van der Waals surface area contributed by atoms with E-state index >= 15 is 0 Å². The largest absolute Gasteiger partial charge is 0.117 e. The van der Waals surface area contributed by atoms with Crippen molar-refractivity contribution in [3.63, 3.8) is 0 Å². The molecule has 0 bridgehead atoms. The van der Waals surface area contributed by atoms with Crippen LogP contribution >= 0.6 is 11.6 Å². The molecule has 0 radical (unpaired) electrons. The molecule has 110 valence electrons. The fourth-order valence-electron chi connectivity index (χ4n) is 3.41. The minimum absolute atomic E-state index is 0.148. The maximum absolute atomic E-state index is 6.83. The van der Waals surface area contributed by atoms with Crippen molar-refractivity contribution in [2.24, 2.45) is 5.92 Å². The summed E-state index contributed by atoms with van der Waals surface area (Å²) in [6.45, 7) is 2.20. The van der Waals surface area contributed by atoms with Crippen LogP contribution in [0.5, 0.6) is 0 Å². The van der Waals surface area contributed by atoms with Crippen molar-refractivity contribution in [1.29, 1.82) is 0 Å². The van der Waals surface area contributed by atoms with E-state index in [1.807, 2.05) is 0 Å². The fourth-order valence-corrected chi connectivity index (χ4v) is 3.83. The first-order valence-electron chi connectivity index (χ1n) is 8.07. The lowest BCUT2D eigenvalue weighted by Gasteiger charge is -2.21. The van der Waals surface area contributed by atoms with Gasteiger partial charge < -0.3 is 0 Å². The van der Waals surface area contributed by atoms with Crippen molar-refractivity contribution in [2.75, 3.05) is 0 Å². The van der Waals surface area contributed by atoms with Crippen molar-refractivity contribution in [1.82, 2.24) is 0 Å². The normalized spacial score (nSPS) is 21.6. The van der Waals surface area contributed by atoms with Crippen molar-refractivity contribution < 1.29 is 0 Å². The van der Waals surface area contributed by atoms with Gasteiger partial charge in [0, 0.05) is 0 Å². The molecule has 2 aromatic carbocycles. The molecule has 0 amide bonds. The van der Waals surface area contributed by atoms with Gasteiger partial charge in [0.2, 0.25) is 0 Å². The fraction of sp³-hybridized carbons (Fsp3) is 0.400. The standard InChI is InChI=1S/C20H23Cl/c1-2-15-10-12-16(13-11-15)14-18-8-5-7-17-6-3-4-9-19(17)20(18)21/h3-4,6,9-13,18,20H,2,5,7-8,14H2,1H3. The van der Waals surface area contributed by atoms with E-state index in [0.29, 0.717) is 5.92 Å². The van der Waals surface area contributed by atoms with Gasteiger partial charge in [-0.05, 0) is 60.3 Å². The van der Waals surface area contributed by atoms with Crippen LogP contribution in [-0.2, 0) is 19.3 Å². The molecule has 2 atom stereocenters. The molecule has 2 aromatic rings. The zero-order valence-corrected chi connectivity index (χ0v) is 13.4. The Morgan fingerprint density at radius 1 is 1.00 bits per heavy atom. The predicted octanol–water partition coefficient (Wildman–Crippen LogP) is 5.72. The molecule has 1 heteroatoms. The zero-order chi connectivity index (χ0) is 14.7. The maximum Gasteiger partial charge on any atom is 0.0619 e. The van der Waals surface area contributed by atoms with Crippen LogP contribution in [0.1, 0.15) is 47.4 Å². The zero-order valence-electron chi connectivity index (χ0n) is 12.7. The van der Waals surface area contributed by atoms with E-state index < -0.39 is 0 Å². The number of rotatable bonds is 3. The maximum atomic E-state index is 6.83. The van der Waals surface area contributed by atoms with Crippen LogP contribution in [0.4, 0.5) is 0 Å². The average Bonchev–Trinajstić information content (AvgIpc) is 2.69. The topological polar surface area (TPSA) is 0 Å². The average molecular weight is 299 g/mol. The molecule has 0 spiro atoms. The summed E-state index contributed by atoms with van der Waals surface area (Å²) >= 11 is 6.83. The molecule has 0 aliphatic heterocycles. The van der Waals surface area contributed by atoms with Crippen LogP contribution in [0, 0.1) is 5.92 Å². The minimum atomic E-state index is 0.148. The van der Waals surface area contributed by atoms with E-state index in [1.54, 1.807) is 0 Å². The Kier molecular flexibility index (Phi) is 4.65. The number of aryl methyl sites for hydroxylation is 2. The highest BCUT2D eigenvalue weighted by atomic mass is 35.5. The molecule has 0 nitrogen and oxygen atoms in total. The lowest BCUT2D eigenvalue weighted by atomic mass is 9.90. The molecular weight excluding hydrogens is 276 g/mol. The third kappa shape index (κ3) is 3.32. The van der Waals surface area contributed by atoms with E-state index in [4.69, 9.17) is 11.6 Å². The first-order chi connectivity index (χ1) is 10.3. The number of hydrogen-bond donors (Lipinski definition) is 0. The van der Waals surface area contributed by atoms with E-state index in [2.05, 4.69) is 55.5 Å². The highest BCUT2D eigenvalue weighted by molar-refractivity contribution is 6.21. The second-order valence-corrected chi connectivity index (χ2v) is 6.60. The molecule has 2 unspecified atom stereocenters. The number of alkyl halides is 1. The molecule has 0 heterocycles. The second-order valence-electron chi connectivity index (χ2n) is 6.13. The summed E-state index contributed by atoms with van der Waals surface area (Å²) in [4.78, 5) is 0. The molecule has 3 rings (SSSR count). The Hall–Kier alpha value is -1.27.